The van der Waals surface area contributed by atoms with E-state index in [2.05, 4.69) is 135 Å². The Morgan fingerprint density at radius 2 is 0.859 bits per heavy atom. The van der Waals surface area contributed by atoms with Gasteiger partial charge in [-0.1, -0.05) is 148 Å². The zero-order valence-electron chi connectivity index (χ0n) is 42.4. The highest BCUT2D eigenvalue weighted by Crippen LogP contribution is 2.26. The van der Waals surface area contributed by atoms with Crippen molar-refractivity contribution in [1.82, 2.24) is 0 Å². The minimum absolute atomic E-state index is 0.00806. The Balaban J connectivity index is 1.80. The maximum Gasteiger partial charge on any atom is 0.306 e. The second-order valence-corrected chi connectivity index (χ2v) is 17.2. The van der Waals surface area contributed by atoms with Crippen molar-refractivity contribution in [2.24, 2.45) is 0 Å². The summed E-state index contributed by atoms with van der Waals surface area (Å²) >= 11 is 0. The first-order valence-electron chi connectivity index (χ1n) is 25.8. The lowest BCUT2D eigenvalue weighted by atomic mass is 9.98. The van der Waals surface area contributed by atoms with Crippen LogP contribution in [0.5, 0.6) is 0 Å². The van der Waals surface area contributed by atoms with Gasteiger partial charge in [0.15, 0.2) is 12.6 Å². The number of rotatable bonds is 38. The molecule has 14 heteroatoms. The van der Waals surface area contributed by atoms with Gasteiger partial charge in [-0.15, -0.1) is 0 Å². The van der Waals surface area contributed by atoms with Gasteiger partial charge in [0.1, 0.15) is 54.9 Å². The molecule has 2 aliphatic rings. The monoisotopic (exact) mass is 997 g/mol. The molecule has 11 unspecified atom stereocenters. The van der Waals surface area contributed by atoms with Crippen LogP contribution in [0.25, 0.3) is 0 Å². The normalized spacial score (nSPS) is 26.4. The SMILES string of the molecule is CC/C=C\C/C=C\C/C=C\C/C=C\C/C=C\C/C=C\C/C=C\CCCCOCC(COC1OC(COC2OC(CO)C(O)C(O)C2O)C(O)C(O)C1O)OC(=O)CC/C=C\C/C=C\C/C=C\C/C=C\CC. The highest BCUT2D eigenvalue weighted by Gasteiger charge is 2.47. The lowest BCUT2D eigenvalue weighted by molar-refractivity contribution is -0.332. The number of unbranched alkanes of at least 4 members (excludes halogenated alkanes) is 2. The molecule has 400 valence electrons. The van der Waals surface area contributed by atoms with E-state index in [9.17, 15) is 40.5 Å². The Hall–Kier alpha value is -3.87. The summed E-state index contributed by atoms with van der Waals surface area (Å²) in [6.45, 7) is 3.19. The third-order valence-corrected chi connectivity index (χ3v) is 11.2. The highest BCUT2D eigenvalue weighted by molar-refractivity contribution is 5.69. The number of carbonyl (C=O) groups is 1. The van der Waals surface area contributed by atoms with Gasteiger partial charge in [-0.25, -0.2) is 0 Å². The van der Waals surface area contributed by atoms with Gasteiger partial charge in [0.05, 0.1) is 26.4 Å². The summed E-state index contributed by atoms with van der Waals surface area (Å²) in [4.78, 5) is 12.9. The Bertz CT molecular complexity index is 1680. The van der Waals surface area contributed by atoms with Gasteiger partial charge in [0.25, 0.3) is 0 Å². The molecule has 2 rings (SSSR count). The summed E-state index contributed by atoms with van der Waals surface area (Å²) in [5.41, 5.74) is 0. The fourth-order valence-corrected chi connectivity index (χ4v) is 7.04. The van der Waals surface area contributed by atoms with Crippen LogP contribution >= 0.6 is 0 Å². The minimum Gasteiger partial charge on any atom is -0.457 e. The van der Waals surface area contributed by atoms with E-state index >= 15 is 0 Å². The minimum atomic E-state index is -1.74. The largest absolute Gasteiger partial charge is 0.457 e. The van der Waals surface area contributed by atoms with E-state index in [-0.39, 0.29) is 19.6 Å². The molecule has 2 saturated heterocycles. The van der Waals surface area contributed by atoms with Gasteiger partial charge in [0.2, 0.25) is 0 Å². The number of esters is 1. The van der Waals surface area contributed by atoms with E-state index in [1.54, 1.807) is 0 Å². The van der Waals surface area contributed by atoms with Gasteiger partial charge < -0.3 is 64.2 Å². The molecule has 2 fully saturated rings. The Labute approximate surface area is 424 Å². The van der Waals surface area contributed by atoms with Crippen LogP contribution in [0.15, 0.2) is 134 Å². The molecule has 2 heterocycles. The number of hydrogen-bond donors (Lipinski definition) is 7. The summed E-state index contributed by atoms with van der Waals surface area (Å²) in [5, 5.41) is 72.1. The second-order valence-electron chi connectivity index (χ2n) is 17.2. The van der Waals surface area contributed by atoms with Crippen molar-refractivity contribution >= 4 is 5.97 Å². The van der Waals surface area contributed by atoms with Crippen molar-refractivity contribution in [2.75, 3.05) is 33.0 Å². The van der Waals surface area contributed by atoms with Crippen molar-refractivity contribution in [2.45, 2.75) is 184 Å². The predicted octanol–water partition coefficient (Wildman–Crippen LogP) is 7.96. The Morgan fingerprint density at radius 1 is 0.465 bits per heavy atom. The molecule has 0 aromatic rings. The third-order valence-electron chi connectivity index (χ3n) is 11.2. The van der Waals surface area contributed by atoms with Crippen LogP contribution < -0.4 is 0 Å². The number of aliphatic hydroxyl groups excluding tert-OH is 7. The van der Waals surface area contributed by atoms with Gasteiger partial charge in [-0.3, -0.25) is 4.79 Å². The molecular weight excluding hydrogens is 909 g/mol. The highest BCUT2D eigenvalue weighted by atomic mass is 16.7. The summed E-state index contributed by atoms with van der Waals surface area (Å²) in [6, 6.07) is 0. The molecule has 0 bridgehead atoms. The molecule has 0 spiro atoms. The molecule has 0 amide bonds. The third kappa shape index (κ3) is 30.1. The lowest BCUT2D eigenvalue weighted by Crippen LogP contribution is -2.61. The number of hydrogen-bond acceptors (Lipinski definition) is 14. The molecule has 2 aliphatic heterocycles. The molecule has 11 atom stereocenters. The second kappa shape index (κ2) is 42.6. The first-order valence-corrected chi connectivity index (χ1v) is 25.8. The number of aliphatic hydroxyl groups is 7. The number of allylic oxidation sites excluding steroid dienone is 22. The van der Waals surface area contributed by atoms with Crippen LogP contribution in [0, 0.1) is 0 Å². The Kier molecular flexibility index (Phi) is 38.0. The molecule has 7 N–H and O–H groups in total. The topological polar surface area (TPSA) is 214 Å². The van der Waals surface area contributed by atoms with Crippen molar-refractivity contribution in [3.63, 3.8) is 0 Å². The van der Waals surface area contributed by atoms with Crippen LogP contribution in [-0.4, -0.2) is 142 Å². The average Bonchev–Trinajstić information content (AvgIpc) is 3.37. The molecule has 0 aliphatic carbocycles. The zero-order valence-corrected chi connectivity index (χ0v) is 42.4. The molecule has 14 nitrogen and oxygen atoms in total. The standard InChI is InChI=1S/C57H88O14/c1-3-5-7-9-11-13-15-17-18-19-20-21-22-23-24-25-26-27-29-31-33-35-37-39-41-66-43-46(69-49(59)40-38-36-34-32-30-28-16-14-12-10-8-6-4-2)44-67-56-55(65)53(63)51(61)48(71-56)45-68-57-54(64)52(62)50(60)47(42-58)70-57/h5-8,11-14,17-18,20-21,23-24,26-28,30-31,33-34,36,46-48,50-58,60-65H,3-4,9-10,15-16,19,22,25,29,32,35,37-45H2,1-2H3/b7-5-,8-6-,13-11-,14-12-,18-17-,21-20-,24-23-,27-26-,30-28-,33-31-,36-34-. The lowest BCUT2D eigenvalue weighted by Gasteiger charge is -2.42. The summed E-state index contributed by atoms with van der Waals surface area (Å²) in [7, 11) is 0. The van der Waals surface area contributed by atoms with Crippen LogP contribution in [0.1, 0.15) is 117 Å². The fourth-order valence-electron chi connectivity index (χ4n) is 7.04. The first-order chi connectivity index (χ1) is 34.6. The molecule has 0 saturated carbocycles. The zero-order chi connectivity index (χ0) is 51.6. The summed E-state index contributed by atoms with van der Waals surface area (Å²) < 4.78 is 34.1. The summed E-state index contributed by atoms with van der Waals surface area (Å²) in [6.07, 6.45) is 44.0. The molecule has 0 aromatic carbocycles. The quantitative estimate of drug-likeness (QED) is 0.0178. The van der Waals surface area contributed by atoms with Crippen molar-refractivity contribution < 1.29 is 69.0 Å². The van der Waals surface area contributed by atoms with Gasteiger partial charge in [0, 0.05) is 13.0 Å². The summed E-state index contributed by atoms with van der Waals surface area (Å²) in [5.74, 6) is -0.479. The molecule has 71 heavy (non-hydrogen) atoms. The van der Waals surface area contributed by atoms with E-state index in [1.165, 1.54) is 0 Å². The maximum absolute atomic E-state index is 12.9. The van der Waals surface area contributed by atoms with Crippen molar-refractivity contribution in [3.05, 3.63) is 134 Å². The number of carbonyl (C=O) groups excluding carboxylic acids is 1. The van der Waals surface area contributed by atoms with E-state index in [4.69, 9.17) is 28.4 Å². The molecule has 0 aromatic heterocycles. The van der Waals surface area contributed by atoms with E-state index in [1.807, 2.05) is 12.2 Å². The molecule has 0 radical (unpaired) electrons. The van der Waals surface area contributed by atoms with Gasteiger partial charge in [-0.05, 0) is 96.3 Å². The van der Waals surface area contributed by atoms with Crippen molar-refractivity contribution in [1.29, 1.82) is 0 Å². The van der Waals surface area contributed by atoms with Crippen LogP contribution in [0.3, 0.4) is 0 Å². The van der Waals surface area contributed by atoms with E-state index < -0.39 is 86.7 Å². The van der Waals surface area contributed by atoms with Crippen molar-refractivity contribution in [3.8, 4) is 0 Å². The maximum atomic E-state index is 12.9. The van der Waals surface area contributed by atoms with Crippen LogP contribution in [-0.2, 0) is 33.2 Å². The fraction of sp³-hybridized carbons (Fsp3) is 0.596. The predicted molar refractivity (Wildman–Crippen MR) is 279 cm³/mol. The van der Waals surface area contributed by atoms with E-state index in [0.717, 1.165) is 89.9 Å². The number of ether oxygens (including phenoxy) is 6. The smallest absolute Gasteiger partial charge is 0.306 e. The van der Waals surface area contributed by atoms with E-state index in [0.29, 0.717) is 13.0 Å². The first kappa shape index (κ1) is 63.2. The molecular formula is C57H88O14. The van der Waals surface area contributed by atoms with Crippen LogP contribution in [0.4, 0.5) is 0 Å². The average molecular weight is 997 g/mol. The van der Waals surface area contributed by atoms with Crippen LogP contribution in [0.2, 0.25) is 0 Å². The van der Waals surface area contributed by atoms with Gasteiger partial charge >= 0.3 is 5.97 Å². The van der Waals surface area contributed by atoms with Gasteiger partial charge in [-0.2, -0.15) is 0 Å². The Morgan fingerprint density at radius 3 is 1.31 bits per heavy atom.